The Labute approximate surface area is 142 Å². The minimum absolute atomic E-state index is 0.0540. The Balaban J connectivity index is 1.86. The van der Waals surface area contributed by atoms with Crippen molar-refractivity contribution in [3.8, 4) is 11.1 Å². The first-order valence-corrected chi connectivity index (χ1v) is 9.84. The third-order valence-corrected chi connectivity index (χ3v) is 6.09. The minimum Gasteiger partial charge on any atom is -0.335 e. The second kappa shape index (κ2) is 6.73. The average Bonchev–Trinajstić information content (AvgIpc) is 2.96. The number of pyridine rings is 1. The molecule has 1 aliphatic rings. The first kappa shape index (κ1) is 16.6. The predicted molar refractivity (Wildman–Crippen MR) is 93.4 cm³/mol. The fourth-order valence-electron chi connectivity index (χ4n) is 3.10. The van der Waals surface area contributed by atoms with Crippen LogP contribution in [0.2, 0.25) is 0 Å². The van der Waals surface area contributed by atoms with Crippen molar-refractivity contribution in [2.45, 2.75) is 19.4 Å². The van der Waals surface area contributed by atoms with Crippen molar-refractivity contribution in [1.82, 2.24) is 9.88 Å². The molecule has 0 bridgehead atoms. The van der Waals surface area contributed by atoms with Gasteiger partial charge < -0.3 is 4.90 Å². The number of carbonyl (C=O) groups excluding carboxylic acids is 1. The summed E-state index contributed by atoms with van der Waals surface area (Å²) in [6.07, 6.45) is 3.77. The molecule has 0 radical (unpaired) electrons. The van der Waals surface area contributed by atoms with Crippen LogP contribution < -0.4 is 0 Å². The van der Waals surface area contributed by atoms with Crippen LogP contribution in [0, 0.1) is 0 Å². The second-order valence-corrected chi connectivity index (χ2v) is 8.21. The number of sulfone groups is 1. The van der Waals surface area contributed by atoms with Crippen LogP contribution in [0.25, 0.3) is 11.1 Å². The maximum absolute atomic E-state index is 12.8. The predicted octanol–water partition coefficient (Wildman–Crippen LogP) is 2.40. The van der Waals surface area contributed by atoms with Crippen molar-refractivity contribution in [1.29, 1.82) is 0 Å². The van der Waals surface area contributed by atoms with Gasteiger partial charge in [-0.2, -0.15) is 0 Å². The number of carbonyl (C=O) groups is 1. The summed E-state index contributed by atoms with van der Waals surface area (Å²) in [5.41, 5.74) is 2.35. The molecule has 24 heavy (non-hydrogen) atoms. The van der Waals surface area contributed by atoms with Crippen molar-refractivity contribution in [2.75, 3.05) is 18.1 Å². The smallest absolute Gasteiger partial charge is 0.255 e. The Hall–Kier alpha value is -2.21. The summed E-state index contributed by atoms with van der Waals surface area (Å²) in [5.74, 6) is 0.0483. The molecule has 1 fully saturated rings. The summed E-state index contributed by atoms with van der Waals surface area (Å²) in [4.78, 5) is 18.7. The van der Waals surface area contributed by atoms with Gasteiger partial charge in [-0.3, -0.25) is 9.78 Å². The van der Waals surface area contributed by atoms with E-state index in [0.29, 0.717) is 18.5 Å². The lowest BCUT2D eigenvalue weighted by molar-refractivity contribution is 0.0708. The molecule has 126 valence electrons. The van der Waals surface area contributed by atoms with Crippen molar-refractivity contribution in [3.63, 3.8) is 0 Å². The van der Waals surface area contributed by atoms with Gasteiger partial charge in [0.05, 0.1) is 17.1 Å². The SMILES string of the molecule is CCN(C(=O)c1cncc(-c2ccccc2)c1)C1CCS(=O)(=O)C1. The summed E-state index contributed by atoms with van der Waals surface area (Å²) >= 11 is 0. The molecule has 5 nitrogen and oxygen atoms in total. The first-order valence-electron chi connectivity index (χ1n) is 8.02. The van der Waals surface area contributed by atoms with Gasteiger partial charge in [0.1, 0.15) is 0 Å². The van der Waals surface area contributed by atoms with E-state index in [1.807, 2.05) is 43.3 Å². The standard InChI is InChI=1S/C18H20N2O3S/c1-2-20(17-8-9-24(22,23)13-17)18(21)16-10-15(11-19-12-16)14-6-4-3-5-7-14/h3-7,10-12,17H,2,8-9,13H2,1H3. The topological polar surface area (TPSA) is 67.3 Å². The van der Waals surface area contributed by atoms with E-state index in [4.69, 9.17) is 0 Å². The lowest BCUT2D eigenvalue weighted by Crippen LogP contribution is -2.41. The zero-order valence-electron chi connectivity index (χ0n) is 13.6. The highest BCUT2D eigenvalue weighted by molar-refractivity contribution is 7.91. The zero-order valence-corrected chi connectivity index (χ0v) is 14.4. The van der Waals surface area contributed by atoms with Gasteiger partial charge in [0.2, 0.25) is 0 Å². The molecule has 0 saturated carbocycles. The maximum Gasteiger partial charge on any atom is 0.255 e. The fraction of sp³-hybridized carbons (Fsp3) is 0.333. The molecule has 3 rings (SSSR count). The van der Waals surface area contributed by atoms with Crippen LogP contribution in [0.15, 0.2) is 48.8 Å². The lowest BCUT2D eigenvalue weighted by atomic mass is 10.1. The summed E-state index contributed by atoms with van der Waals surface area (Å²) < 4.78 is 23.4. The number of hydrogen-bond acceptors (Lipinski definition) is 4. The Bertz CT molecular complexity index is 834. The van der Waals surface area contributed by atoms with Gasteiger partial charge in [0.15, 0.2) is 9.84 Å². The van der Waals surface area contributed by atoms with Gasteiger partial charge in [0, 0.05) is 30.5 Å². The molecule has 0 spiro atoms. The van der Waals surface area contributed by atoms with Crippen LogP contribution >= 0.6 is 0 Å². The quantitative estimate of drug-likeness (QED) is 0.854. The molecule has 1 saturated heterocycles. The van der Waals surface area contributed by atoms with E-state index < -0.39 is 9.84 Å². The molecule has 2 aromatic rings. The molecule has 1 amide bonds. The fourth-order valence-corrected chi connectivity index (χ4v) is 4.83. The highest BCUT2D eigenvalue weighted by Gasteiger charge is 2.34. The number of amides is 1. The molecule has 1 aromatic heterocycles. The van der Waals surface area contributed by atoms with Crippen LogP contribution in [-0.4, -0.2) is 48.3 Å². The summed E-state index contributed by atoms with van der Waals surface area (Å²) in [7, 11) is -3.03. The molecular weight excluding hydrogens is 324 g/mol. The van der Waals surface area contributed by atoms with Crippen molar-refractivity contribution in [2.24, 2.45) is 0 Å². The monoisotopic (exact) mass is 344 g/mol. The van der Waals surface area contributed by atoms with Crippen LogP contribution in [0.3, 0.4) is 0 Å². The van der Waals surface area contributed by atoms with E-state index in [2.05, 4.69) is 4.98 Å². The molecule has 0 aliphatic carbocycles. The maximum atomic E-state index is 12.8. The van der Waals surface area contributed by atoms with E-state index in [1.54, 1.807) is 17.3 Å². The largest absolute Gasteiger partial charge is 0.335 e. The minimum atomic E-state index is -3.03. The molecule has 6 heteroatoms. The van der Waals surface area contributed by atoms with Crippen LogP contribution in [0.4, 0.5) is 0 Å². The Kier molecular flexibility index (Phi) is 4.66. The Morgan fingerprint density at radius 3 is 2.58 bits per heavy atom. The van der Waals surface area contributed by atoms with Crippen molar-refractivity contribution < 1.29 is 13.2 Å². The molecule has 1 aromatic carbocycles. The van der Waals surface area contributed by atoms with E-state index in [-0.39, 0.29) is 23.5 Å². The Morgan fingerprint density at radius 1 is 1.21 bits per heavy atom. The highest BCUT2D eigenvalue weighted by atomic mass is 32.2. The van der Waals surface area contributed by atoms with Crippen LogP contribution in [0.1, 0.15) is 23.7 Å². The molecule has 1 atom stereocenters. The molecule has 1 aliphatic heterocycles. The number of nitrogens with zero attached hydrogens (tertiary/aromatic N) is 2. The van der Waals surface area contributed by atoms with E-state index in [0.717, 1.165) is 11.1 Å². The van der Waals surface area contributed by atoms with E-state index in [9.17, 15) is 13.2 Å². The van der Waals surface area contributed by atoms with Gasteiger partial charge in [-0.25, -0.2) is 8.42 Å². The summed E-state index contributed by atoms with van der Waals surface area (Å²) in [5, 5.41) is 0. The number of hydrogen-bond donors (Lipinski definition) is 0. The average molecular weight is 344 g/mol. The molecule has 1 unspecified atom stereocenters. The Morgan fingerprint density at radius 2 is 1.96 bits per heavy atom. The molecular formula is C18H20N2O3S. The van der Waals surface area contributed by atoms with E-state index in [1.165, 1.54) is 0 Å². The third-order valence-electron chi connectivity index (χ3n) is 4.34. The van der Waals surface area contributed by atoms with Crippen molar-refractivity contribution >= 4 is 15.7 Å². The second-order valence-electron chi connectivity index (χ2n) is 5.98. The summed E-state index contributed by atoms with van der Waals surface area (Å²) in [6.45, 7) is 2.35. The highest BCUT2D eigenvalue weighted by Crippen LogP contribution is 2.22. The number of aromatic nitrogens is 1. The first-order chi connectivity index (χ1) is 11.5. The van der Waals surface area contributed by atoms with E-state index >= 15 is 0 Å². The van der Waals surface area contributed by atoms with Gasteiger partial charge in [-0.05, 0) is 25.0 Å². The summed E-state index contributed by atoms with van der Waals surface area (Å²) in [6, 6.07) is 11.3. The van der Waals surface area contributed by atoms with Gasteiger partial charge >= 0.3 is 0 Å². The molecule has 2 heterocycles. The number of rotatable bonds is 4. The zero-order chi connectivity index (χ0) is 17.2. The van der Waals surface area contributed by atoms with Gasteiger partial charge in [-0.15, -0.1) is 0 Å². The normalized spacial score (nSPS) is 19.1. The third kappa shape index (κ3) is 3.48. The van der Waals surface area contributed by atoms with Gasteiger partial charge in [-0.1, -0.05) is 30.3 Å². The van der Waals surface area contributed by atoms with Crippen LogP contribution in [0.5, 0.6) is 0 Å². The van der Waals surface area contributed by atoms with Crippen LogP contribution in [-0.2, 0) is 9.84 Å². The number of benzene rings is 1. The van der Waals surface area contributed by atoms with Gasteiger partial charge in [0.25, 0.3) is 5.91 Å². The van der Waals surface area contributed by atoms with Crippen molar-refractivity contribution in [3.05, 3.63) is 54.4 Å². The lowest BCUT2D eigenvalue weighted by Gasteiger charge is -2.27. The molecule has 0 N–H and O–H groups in total.